The van der Waals surface area contributed by atoms with Crippen LogP contribution in [0, 0.1) is 0 Å². The monoisotopic (exact) mass is 217 g/mol. The van der Waals surface area contributed by atoms with Crippen LogP contribution in [0.15, 0.2) is 52.2 Å². The summed E-state index contributed by atoms with van der Waals surface area (Å²) in [4.78, 5) is 23.2. The van der Waals surface area contributed by atoms with E-state index in [4.69, 9.17) is 5.73 Å². The van der Waals surface area contributed by atoms with Crippen molar-refractivity contribution < 1.29 is 0 Å². The van der Waals surface area contributed by atoms with Crippen LogP contribution in [-0.4, -0.2) is 9.13 Å². The third-order valence-electron chi connectivity index (χ3n) is 2.29. The van der Waals surface area contributed by atoms with Crippen molar-refractivity contribution in [2.24, 2.45) is 5.73 Å². The number of hydrogen-bond acceptors (Lipinski definition) is 3. The summed E-state index contributed by atoms with van der Waals surface area (Å²) in [6.07, 6.45) is 1.45. The summed E-state index contributed by atoms with van der Waals surface area (Å²) in [5.41, 5.74) is 5.23. The number of rotatable bonds is 2. The molecule has 2 aromatic rings. The summed E-state index contributed by atoms with van der Waals surface area (Å²) in [5.74, 6) is 0. The van der Waals surface area contributed by atoms with Gasteiger partial charge in [0, 0.05) is 12.3 Å². The molecule has 0 saturated carbocycles. The van der Waals surface area contributed by atoms with Crippen LogP contribution in [0.25, 0.3) is 5.69 Å². The molecule has 2 N–H and O–H groups in total. The number of nitrogens with two attached hydrogens (primary N) is 1. The predicted molar refractivity (Wildman–Crippen MR) is 60.5 cm³/mol. The van der Waals surface area contributed by atoms with Gasteiger partial charge in [0.25, 0.3) is 5.56 Å². The molecule has 0 atom stereocenters. The zero-order valence-electron chi connectivity index (χ0n) is 8.54. The van der Waals surface area contributed by atoms with E-state index < -0.39 is 5.69 Å². The topological polar surface area (TPSA) is 70.0 Å². The standard InChI is InChI=1S/C11H11N3O2/c12-8-14-10(15)6-7-13(11(14)16)9-4-2-1-3-5-9/h1-7H,8,12H2. The molecule has 0 saturated heterocycles. The van der Waals surface area contributed by atoms with E-state index in [1.54, 1.807) is 12.1 Å². The van der Waals surface area contributed by atoms with Crippen molar-refractivity contribution in [2.75, 3.05) is 0 Å². The van der Waals surface area contributed by atoms with Crippen LogP contribution in [0.5, 0.6) is 0 Å². The minimum atomic E-state index is -0.429. The average molecular weight is 217 g/mol. The molecule has 0 aliphatic carbocycles. The van der Waals surface area contributed by atoms with Crippen LogP contribution >= 0.6 is 0 Å². The van der Waals surface area contributed by atoms with E-state index >= 15 is 0 Å². The zero-order valence-corrected chi connectivity index (χ0v) is 8.54. The van der Waals surface area contributed by atoms with Gasteiger partial charge < -0.3 is 5.73 Å². The Hall–Kier alpha value is -2.14. The summed E-state index contributed by atoms with van der Waals surface area (Å²) in [7, 11) is 0. The lowest BCUT2D eigenvalue weighted by atomic mass is 10.3. The lowest BCUT2D eigenvalue weighted by Crippen LogP contribution is -2.40. The molecule has 0 bridgehead atoms. The van der Waals surface area contributed by atoms with Gasteiger partial charge in [0.05, 0.1) is 12.4 Å². The van der Waals surface area contributed by atoms with Crippen LogP contribution < -0.4 is 17.0 Å². The summed E-state index contributed by atoms with van der Waals surface area (Å²) in [6, 6.07) is 10.4. The van der Waals surface area contributed by atoms with Crippen LogP contribution in [0.2, 0.25) is 0 Å². The SMILES string of the molecule is NCn1c(=O)ccn(-c2ccccc2)c1=O. The largest absolute Gasteiger partial charge is 0.336 e. The van der Waals surface area contributed by atoms with Gasteiger partial charge in [0.2, 0.25) is 0 Å². The molecular weight excluding hydrogens is 206 g/mol. The summed E-state index contributed by atoms with van der Waals surface area (Å²) < 4.78 is 2.36. The predicted octanol–water partition coefficient (Wildman–Crippen LogP) is -0.0846. The molecule has 0 fully saturated rings. The van der Waals surface area contributed by atoms with Gasteiger partial charge in [0.1, 0.15) is 0 Å². The Balaban J connectivity index is 2.69. The highest BCUT2D eigenvalue weighted by Gasteiger charge is 2.04. The maximum absolute atomic E-state index is 11.9. The molecule has 16 heavy (non-hydrogen) atoms. The maximum atomic E-state index is 11.9. The van der Waals surface area contributed by atoms with E-state index in [0.29, 0.717) is 5.69 Å². The Morgan fingerprint density at radius 2 is 1.75 bits per heavy atom. The molecule has 1 aromatic heterocycles. The summed E-state index contributed by atoms with van der Waals surface area (Å²) >= 11 is 0. The highest BCUT2D eigenvalue weighted by atomic mass is 16.2. The smallest absolute Gasteiger partial charge is 0.313 e. The first-order valence-corrected chi connectivity index (χ1v) is 4.82. The van der Waals surface area contributed by atoms with Gasteiger partial charge in [-0.2, -0.15) is 0 Å². The molecule has 0 spiro atoms. The third kappa shape index (κ3) is 1.68. The Morgan fingerprint density at radius 1 is 1.06 bits per heavy atom. The van der Waals surface area contributed by atoms with E-state index in [2.05, 4.69) is 0 Å². The Labute approximate surface area is 91.4 Å². The number of hydrogen-bond donors (Lipinski definition) is 1. The highest BCUT2D eigenvalue weighted by Crippen LogP contribution is 2.01. The molecule has 82 valence electrons. The first-order valence-electron chi connectivity index (χ1n) is 4.82. The first-order chi connectivity index (χ1) is 7.74. The van der Waals surface area contributed by atoms with E-state index in [0.717, 1.165) is 4.57 Å². The Bertz CT molecular complexity index is 599. The second-order valence-corrected chi connectivity index (χ2v) is 3.25. The fraction of sp³-hybridized carbons (Fsp3) is 0.0909. The molecule has 0 amide bonds. The normalized spacial score (nSPS) is 10.3. The summed E-state index contributed by atoms with van der Waals surface area (Å²) in [6.45, 7) is -0.120. The van der Waals surface area contributed by atoms with Crippen molar-refractivity contribution in [1.29, 1.82) is 0 Å². The molecule has 5 nitrogen and oxygen atoms in total. The molecule has 0 aliphatic heterocycles. The van der Waals surface area contributed by atoms with Crippen LogP contribution in [0.4, 0.5) is 0 Å². The lowest BCUT2D eigenvalue weighted by Gasteiger charge is -2.07. The molecule has 0 unspecified atom stereocenters. The van der Waals surface area contributed by atoms with Crippen LogP contribution in [-0.2, 0) is 6.67 Å². The lowest BCUT2D eigenvalue weighted by molar-refractivity contribution is 0.628. The molecule has 2 rings (SSSR count). The van der Waals surface area contributed by atoms with Gasteiger partial charge >= 0.3 is 5.69 Å². The fourth-order valence-corrected chi connectivity index (χ4v) is 1.47. The van der Waals surface area contributed by atoms with Crippen LogP contribution in [0.1, 0.15) is 0 Å². The molecule has 0 aliphatic rings. The number of benzene rings is 1. The fourth-order valence-electron chi connectivity index (χ4n) is 1.47. The third-order valence-corrected chi connectivity index (χ3v) is 2.29. The second-order valence-electron chi connectivity index (χ2n) is 3.25. The van der Waals surface area contributed by atoms with E-state index in [9.17, 15) is 9.59 Å². The quantitative estimate of drug-likeness (QED) is 0.764. The summed E-state index contributed by atoms with van der Waals surface area (Å²) in [5, 5.41) is 0. The average Bonchev–Trinajstić information content (AvgIpc) is 2.31. The minimum absolute atomic E-state index is 0.120. The van der Waals surface area contributed by atoms with Gasteiger partial charge in [-0.1, -0.05) is 18.2 Å². The number of nitrogens with zero attached hydrogens (tertiary/aromatic N) is 2. The van der Waals surface area contributed by atoms with Gasteiger partial charge in [-0.3, -0.25) is 9.36 Å². The van der Waals surface area contributed by atoms with Gasteiger partial charge in [-0.05, 0) is 12.1 Å². The Kier molecular flexibility index (Phi) is 2.70. The van der Waals surface area contributed by atoms with Crippen molar-refractivity contribution in [3.05, 3.63) is 63.4 Å². The molecular formula is C11H11N3O2. The van der Waals surface area contributed by atoms with Crippen molar-refractivity contribution >= 4 is 0 Å². The van der Waals surface area contributed by atoms with Gasteiger partial charge in [-0.25, -0.2) is 9.36 Å². The van der Waals surface area contributed by atoms with E-state index in [1.807, 2.05) is 18.2 Å². The first kappa shape index (κ1) is 10.4. The minimum Gasteiger partial charge on any atom is -0.313 e. The van der Waals surface area contributed by atoms with Crippen molar-refractivity contribution in [2.45, 2.75) is 6.67 Å². The number of para-hydroxylation sites is 1. The van der Waals surface area contributed by atoms with Crippen molar-refractivity contribution in [3.8, 4) is 5.69 Å². The maximum Gasteiger partial charge on any atom is 0.336 e. The number of aromatic nitrogens is 2. The van der Waals surface area contributed by atoms with Gasteiger partial charge in [-0.15, -0.1) is 0 Å². The highest BCUT2D eigenvalue weighted by molar-refractivity contribution is 5.30. The zero-order chi connectivity index (χ0) is 11.5. The van der Waals surface area contributed by atoms with E-state index in [-0.39, 0.29) is 12.2 Å². The van der Waals surface area contributed by atoms with Crippen molar-refractivity contribution in [3.63, 3.8) is 0 Å². The molecule has 1 aromatic carbocycles. The van der Waals surface area contributed by atoms with E-state index in [1.165, 1.54) is 16.8 Å². The van der Waals surface area contributed by atoms with Crippen LogP contribution in [0.3, 0.4) is 0 Å². The molecule has 1 heterocycles. The van der Waals surface area contributed by atoms with Gasteiger partial charge in [0.15, 0.2) is 0 Å². The molecule has 0 radical (unpaired) electrons. The second kappa shape index (κ2) is 4.16. The molecule has 5 heteroatoms. The van der Waals surface area contributed by atoms with Crippen molar-refractivity contribution in [1.82, 2.24) is 9.13 Å². The Morgan fingerprint density at radius 3 is 2.38 bits per heavy atom.